The number of hydrogen-bond acceptors (Lipinski definition) is 1. The normalized spacial score (nSPS) is 11.8. The van der Waals surface area contributed by atoms with Crippen LogP contribution >= 0.6 is 0 Å². The number of aromatic nitrogens is 1. The van der Waals surface area contributed by atoms with Gasteiger partial charge in [0.1, 0.15) is 11.5 Å². The van der Waals surface area contributed by atoms with E-state index >= 15 is 0 Å². The lowest BCUT2D eigenvalue weighted by molar-refractivity contribution is 0.405. The second-order valence-electron chi connectivity index (χ2n) is 7.39. The molecule has 0 amide bonds. The zero-order chi connectivity index (χ0) is 19.4. The molecular weight excluding hydrogens is 350 g/mol. The van der Waals surface area contributed by atoms with E-state index in [0.29, 0.717) is 0 Å². The minimum absolute atomic E-state index is 0.270. The number of rotatable bonds is 9. The molecule has 0 spiro atoms. The van der Waals surface area contributed by atoms with Crippen molar-refractivity contribution in [3.8, 4) is 5.75 Å². The lowest BCUT2D eigenvalue weighted by Crippen LogP contribution is -2.14. The molecule has 0 bridgehead atoms. The van der Waals surface area contributed by atoms with Crippen LogP contribution in [0.15, 0.2) is 35.2 Å². The van der Waals surface area contributed by atoms with Gasteiger partial charge in [0.2, 0.25) is 0 Å². The Morgan fingerprint density at radius 1 is 0.889 bits per heavy atom. The van der Waals surface area contributed by atoms with Gasteiger partial charge in [-0.2, -0.15) is 0 Å². The molecule has 0 saturated carbocycles. The Hall–Kier alpha value is -1.61. The summed E-state index contributed by atoms with van der Waals surface area (Å²) in [4.78, 5) is 1.43. The highest BCUT2D eigenvalue weighted by Crippen LogP contribution is 2.37. The van der Waals surface area contributed by atoms with E-state index in [4.69, 9.17) is 4.74 Å². The van der Waals surface area contributed by atoms with Crippen molar-refractivity contribution in [2.45, 2.75) is 64.8 Å². The van der Waals surface area contributed by atoms with E-state index in [2.05, 4.69) is 62.6 Å². The van der Waals surface area contributed by atoms with Crippen LogP contribution in [0.25, 0.3) is 21.8 Å². The first kappa shape index (κ1) is 20.1. The van der Waals surface area contributed by atoms with E-state index in [1.54, 1.807) is 0 Å². The third-order valence-corrected chi connectivity index (χ3v) is 7.93. The summed E-state index contributed by atoms with van der Waals surface area (Å²) in [5, 5.41) is 2.77. The summed E-state index contributed by atoms with van der Waals surface area (Å²) in [6, 6.07) is 11.6. The fourth-order valence-corrected chi connectivity index (χ4v) is 6.53. The van der Waals surface area contributed by atoms with Crippen molar-refractivity contribution in [3.63, 3.8) is 0 Å². The van der Waals surface area contributed by atoms with E-state index in [-0.39, 0.29) is 10.9 Å². The van der Waals surface area contributed by atoms with Gasteiger partial charge < -0.3 is 9.30 Å². The summed E-state index contributed by atoms with van der Waals surface area (Å²) in [5.74, 6) is 3.64. The molecule has 0 N–H and O–H groups in total. The standard InChI is InChI=1S/C24H34NOS/c1-6-9-13-27(14-10-7-2)24-16-20-19-15-18(4)11-12-21(19)25(8-3)22(20)17-23(24)26-5/h11-12,15-17H,6-10,13-14H2,1-5H3/q+1. The number of methoxy groups -OCH3 is 1. The molecule has 2 nitrogen and oxygen atoms in total. The van der Waals surface area contributed by atoms with Gasteiger partial charge in [-0.25, -0.2) is 0 Å². The van der Waals surface area contributed by atoms with Gasteiger partial charge in [-0.3, -0.25) is 0 Å². The van der Waals surface area contributed by atoms with Crippen LogP contribution in [0, 0.1) is 6.92 Å². The van der Waals surface area contributed by atoms with Crippen LogP contribution in [-0.2, 0) is 17.4 Å². The molecule has 146 valence electrons. The first-order valence-corrected chi connectivity index (χ1v) is 12.0. The summed E-state index contributed by atoms with van der Waals surface area (Å²) in [7, 11) is 2.10. The number of fused-ring (bicyclic) bond motifs is 3. The van der Waals surface area contributed by atoms with Crippen LogP contribution in [0.3, 0.4) is 0 Å². The van der Waals surface area contributed by atoms with Crippen LogP contribution in [0.1, 0.15) is 52.0 Å². The van der Waals surface area contributed by atoms with E-state index in [1.165, 1.54) is 69.5 Å². The molecular formula is C24H34NOS+. The van der Waals surface area contributed by atoms with Crippen molar-refractivity contribution < 1.29 is 4.74 Å². The molecule has 0 unspecified atom stereocenters. The fraction of sp³-hybridized carbons (Fsp3) is 0.500. The van der Waals surface area contributed by atoms with Crippen molar-refractivity contribution >= 4 is 32.7 Å². The monoisotopic (exact) mass is 384 g/mol. The smallest absolute Gasteiger partial charge is 0.197 e. The van der Waals surface area contributed by atoms with Crippen LogP contribution < -0.4 is 4.74 Å². The second-order valence-corrected chi connectivity index (χ2v) is 9.64. The molecule has 0 aliphatic heterocycles. The maximum absolute atomic E-state index is 5.91. The van der Waals surface area contributed by atoms with Crippen LogP contribution in [-0.4, -0.2) is 23.2 Å². The lowest BCUT2D eigenvalue weighted by atomic mass is 10.1. The number of ether oxygens (including phenoxy) is 1. The van der Waals surface area contributed by atoms with Gasteiger partial charge in [-0.15, -0.1) is 0 Å². The molecule has 1 aromatic heterocycles. The predicted molar refractivity (Wildman–Crippen MR) is 122 cm³/mol. The van der Waals surface area contributed by atoms with Crippen molar-refractivity contribution in [2.75, 3.05) is 18.6 Å². The number of benzene rings is 2. The van der Waals surface area contributed by atoms with Gasteiger partial charge in [-0.05, 0) is 38.8 Å². The lowest BCUT2D eigenvalue weighted by Gasteiger charge is -2.13. The van der Waals surface area contributed by atoms with Gasteiger partial charge >= 0.3 is 0 Å². The molecule has 3 heteroatoms. The molecule has 0 aliphatic carbocycles. The molecule has 0 fully saturated rings. The van der Waals surface area contributed by atoms with E-state index < -0.39 is 0 Å². The Kier molecular flexibility index (Phi) is 6.75. The van der Waals surface area contributed by atoms with Gasteiger partial charge in [-0.1, -0.05) is 38.3 Å². The highest BCUT2D eigenvalue weighted by Gasteiger charge is 2.27. The largest absolute Gasteiger partial charge is 0.491 e. The summed E-state index contributed by atoms with van der Waals surface area (Å²) < 4.78 is 8.33. The third kappa shape index (κ3) is 3.99. The van der Waals surface area contributed by atoms with Crippen LogP contribution in [0.5, 0.6) is 5.75 Å². The Bertz CT molecular complexity index is 904. The number of unbranched alkanes of at least 4 members (excludes halogenated alkanes) is 2. The van der Waals surface area contributed by atoms with Crippen molar-refractivity contribution in [2.24, 2.45) is 0 Å². The van der Waals surface area contributed by atoms with Crippen LogP contribution in [0.2, 0.25) is 0 Å². The molecule has 0 aliphatic rings. The van der Waals surface area contributed by atoms with Crippen molar-refractivity contribution in [1.29, 1.82) is 0 Å². The Labute approximate surface area is 167 Å². The minimum atomic E-state index is 0.270. The van der Waals surface area contributed by atoms with Crippen LogP contribution in [0.4, 0.5) is 0 Å². The highest BCUT2D eigenvalue weighted by atomic mass is 32.2. The SMILES string of the molecule is CCCC[S+](CCCC)c1cc2c3cc(C)ccc3n(CC)c2cc1OC. The van der Waals surface area contributed by atoms with E-state index in [9.17, 15) is 0 Å². The molecule has 0 atom stereocenters. The van der Waals surface area contributed by atoms with Gasteiger partial charge in [0, 0.05) is 45.9 Å². The van der Waals surface area contributed by atoms with E-state index in [0.717, 1.165) is 12.3 Å². The summed E-state index contributed by atoms with van der Waals surface area (Å²) in [6.45, 7) is 9.97. The predicted octanol–water partition coefficient (Wildman–Crippen LogP) is 6.71. The quantitative estimate of drug-likeness (QED) is 0.374. The zero-order valence-electron chi connectivity index (χ0n) is 17.6. The molecule has 3 rings (SSSR count). The Morgan fingerprint density at radius 3 is 2.15 bits per heavy atom. The number of aryl methyl sites for hydroxylation is 2. The van der Waals surface area contributed by atoms with Gasteiger partial charge in [0.15, 0.2) is 10.6 Å². The maximum Gasteiger partial charge on any atom is 0.197 e. The highest BCUT2D eigenvalue weighted by molar-refractivity contribution is 7.97. The molecule has 1 heterocycles. The fourth-order valence-electron chi connectivity index (χ4n) is 3.90. The summed E-state index contributed by atoms with van der Waals surface area (Å²) >= 11 is 0. The molecule has 0 radical (unpaired) electrons. The Balaban J connectivity index is 2.22. The average molecular weight is 385 g/mol. The van der Waals surface area contributed by atoms with Gasteiger partial charge in [0.05, 0.1) is 12.6 Å². The zero-order valence-corrected chi connectivity index (χ0v) is 18.4. The summed E-state index contributed by atoms with van der Waals surface area (Å²) in [6.07, 6.45) is 5.11. The topological polar surface area (TPSA) is 14.2 Å². The molecule has 0 saturated heterocycles. The number of hydrogen-bond donors (Lipinski definition) is 0. The molecule has 2 aromatic carbocycles. The average Bonchev–Trinajstić information content (AvgIpc) is 2.99. The first-order chi connectivity index (χ1) is 13.1. The third-order valence-electron chi connectivity index (χ3n) is 5.42. The second kappa shape index (κ2) is 9.05. The van der Waals surface area contributed by atoms with E-state index in [1.807, 2.05) is 7.11 Å². The van der Waals surface area contributed by atoms with Crippen molar-refractivity contribution in [3.05, 3.63) is 35.9 Å². The molecule has 27 heavy (non-hydrogen) atoms. The number of nitrogens with zero attached hydrogens (tertiary/aromatic N) is 1. The molecule has 3 aromatic rings. The minimum Gasteiger partial charge on any atom is -0.491 e. The first-order valence-electron chi connectivity index (χ1n) is 10.4. The van der Waals surface area contributed by atoms with Crippen molar-refractivity contribution in [1.82, 2.24) is 4.57 Å². The Morgan fingerprint density at radius 2 is 1.56 bits per heavy atom. The van der Waals surface area contributed by atoms with Gasteiger partial charge in [0.25, 0.3) is 0 Å². The maximum atomic E-state index is 5.91. The summed E-state index contributed by atoms with van der Waals surface area (Å²) in [5.41, 5.74) is 3.96.